The molecule has 2 aromatic carbocycles. The van der Waals surface area contributed by atoms with Crippen LogP contribution >= 0.6 is 11.6 Å². The van der Waals surface area contributed by atoms with E-state index in [0.717, 1.165) is 6.07 Å². The lowest BCUT2D eigenvalue weighted by atomic mass is 9.87. The van der Waals surface area contributed by atoms with Crippen molar-refractivity contribution in [2.24, 2.45) is 0 Å². The fourth-order valence-corrected chi connectivity index (χ4v) is 4.58. The van der Waals surface area contributed by atoms with Crippen LogP contribution < -0.4 is 10.7 Å². The first kappa shape index (κ1) is 21.2. The highest BCUT2D eigenvalue weighted by Gasteiger charge is 2.38. The van der Waals surface area contributed by atoms with Gasteiger partial charge in [-0.2, -0.15) is 0 Å². The van der Waals surface area contributed by atoms with Crippen LogP contribution in [0.1, 0.15) is 31.7 Å². The Labute approximate surface area is 183 Å². The number of esters is 1. The highest BCUT2D eigenvalue weighted by atomic mass is 35.5. The number of carbonyl (C=O) groups excluding carboxylic acids is 1. The predicted molar refractivity (Wildman–Crippen MR) is 117 cm³/mol. The maximum absolute atomic E-state index is 12.9. The quantitative estimate of drug-likeness (QED) is 0.524. The molecule has 7 nitrogen and oxygen atoms in total. The van der Waals surface area contributed by atoms with Crippen LogP contribution in [0.3, 0.4) is 0 Å². The molecule has 4 rings (SSSR count). The molecule has 31 heavy (non-hydrogen) atoms. The van der Waals surface area contributed by atoms with Crippen LogP contribution in [0, 0.1) is 0 Å². The molecule has 1 saturated heterocycles. The summed E-state index contributed by atoms with van der Waals surface area (Å²) in [5.41, 5.74) is 0.540. The smallest absolute Gasteiger partial charge is 0.302 e. The number of hydrogen-bond acceptors (Lipinski definition) is 7. The molecule has 0 radical (unpaired) electrons. The largest absolute Gasteiger partial charge is 0.507 e. The number of phenols is 2. The number of fused-ring (bicyclic) bond motifs is 1. The number of halogens is 1. The maximum atomic E-state index is 12.9. The van der Waals surface area contributed by atoms with E-state index >= 15 is 0 Å². The van der Waals surface area contributed by atoms with Gasteiger partial charge in [0.05, 0.1) is 11.1 Å². The summed E-state index contributed by atoms with van der Waals surface area (Å²) in [5.74, 6) is -1.07. The van der Waals surface area contributed by atoms with Gasteiger partial charge >= 0.3 is 5.97 Å². The Hall–Kier alpha value is -3.03. The summed E-state index contributed by atoms with van der Waals surface area (Å²) < 4.78 is 11.4. The van der Waals surface area contributed by atoms with Crippen LogP contribution in [0.15, 0.2) is 45.6 Å². The Morgan fingerprint density at radius 3 is 2.71 bits per heavy atom. The van der Waals surface area contributed by atoms with Crippen LogP contribution in [0.4, 0.5) is 0 Å². The van der Waals surface area contributed by atoms with Gasteiger partial charge in [0.2, 0.25) is 0 Å². The van der Waals surface area contributed by atoms with Gasteiger partial charge in [-0.3, -0.25) is 9.59 Å². The molecule has 0 spiro atoms. The van der Waals surface area contributed by atoms with E-state index < -0.39 is 17.5 Å². The van der Waals surface area contributed by atoms with Crippen LogP contribution in [0.2, 0.25) is 5.02 Å². The summed E-state index contributed by atoms with van der Waals surface area (Å²) in [5, 5.41) is 24.8. The topological polar surface area (TPSA) is 109 Å². The minimum Gasteiger partial charge on any atom is -0.507 e. The van der Waals surface area contributed by atoms with Crippen molar-refractivity contribution in [2.45, 2.75) is 38.3 Å². The molecule has 0 saturated carbocycles. The van der Waals surface area contributed by atoms with Crippen molar-refractivity contribution < 1.29 is 24.2 Å². The van der Waals surface area contributed by atoms with Crippen molar-refractivity contribution in [3.8, 4) is 22.8 Å². The zero-order chi connectivity index (χ0) is 22.3. The van der Waals surface area contributed by atoms with Crippen molar-refractivity contribution in [3.63, 3.8) is 0 Å². The lowest BCUT2D eigenvalue weighted by molar-refractivity contribution is -0.146. The van der Waals surface area contributed by atoms with Gasteiger partial charge in [0.25, 0.3) is 0 Å². The van der Waals surface area contributed by atoms with Gasteiger partial charge in [-0.1, -0.05) is 23.7 Å². The molecule has 1 aliphatic rings. The summed E-state index contributed by atoms with van der Waals surface area (Å²) >= 11 is 6.29. The van der Waals surface area contributed by atoms with Crippen LogP contribution in [0.25, 0.3) is 22.3 Å². The zero-order valence-corrected chi connectivity index (χ0v) is 17.8. The monoisotopic (exact) mass is 443 g/mol. The number of nitrogens with one attached hydrogen (secondary N) is 1. The molecule has 162 valence electrons. The SMILES string of the molecule is CC(=O)OC(C)C1NCCC1c1c(O)cc(O)c2c(=O)cc(-c3ccccc3Cl)oc12. The molecule has 3 atom stereocenters. The predicted octanol–water partition coefficient (Wildman–Crippen LogP) is 3.92. The number of benzene rings is 2. The van der Waals surface area contributed by atoms with E-state index in [-0.39, 0.29) is 40.2 Å². The molecule has 0 aliphatic carbocycles. The average Bonchev–Trinajstić information content (AvgIpc) is 3.16. The van der Waals surface area contributed by atoms with E-state index in [0.29, 0.717) is 29.1 Å². The van der Waals surface area contributed by atoms with Crippen molar-refractivity contribution in [3.05, 3.63) is 57.2 Å². The number of aromatic hydroxyl groups is 2. The lowest BCUT2D eigenvalue weighted by Gasteiger charge is -2.26. The Balaban J connectivity index is 1.94. The van der Waals surface area contributed by atoms with Crippen LogP contribution in [0.5, 0.6) is 11.5 Å². The minimum absolute atomic E-state index is 0.0191. The zero-order valence-electron chi connectivity index (χ0n) is 17.0. The van der Waals surface area contributed by atoms with Crippen molar-refractivity contribution in [1.29, 1.82) is 0 Å². The van der Waals surface area contributed by atoms with Gasteiger partial charge in [0.1, 0.15) is 34.3 Å². The van der Waals surface area contributed by atoms with Crippen LogP contribution in [-0.2, 0) is 9.53 Å². The minimum atomic E-state index is -0.480. The van der Waals surface area contributed by atoms with Crippen molar-refractivity contribution in [2.75, 3.05) is 6.54 Å². The van der Waals surface area contributed by atoms with Gasteiger partial charge in [0.15, 0.2) is 5.43 Å². The van der Waals surface area contributed by atoms with E-state index in [1.54, 1.807) is 31.2 Å². The Morgan fingerprint density at radius 2 is 2.00 bits per heavy atom. The molecule has 3 aromatic rings. The third-order valence-electron chi connectivity index (χ3n) is 5.63. The summed E-state index contributed by atoms with van der Waals surface area (Å²) in [7, 11) is 0. The second-order valence-corrected chi connectivity index (χ2v) is 8.08. The number of hydrogen-bond donors (Lipinski definition) is 3. The average molecular weight is 444 g/mol. The molecule has 0 amide bonds. The highest BCUT2D eigenvalue weighted by molar-refractivity contribution is 6.33. The number of carbonyl (C=O) groups is 1. The van der Waals surface area contributed by atoms with E-state index in [4.69, 9.17) is 20.8 Å². The third kappa shape index (κ3) is 3.86. The summed E-state index contributed by atoms with van der Waals surface area (Å²) in [4.78, 5) is 24.4. The van der Waals surface area contributed by atoms with Gasteiger partial charge in [0, 0.05) is 36.1 Å². The molecule has 2 heterocycles. The van der Waals surface area contributed by atoms with Gasteiger partial charge in [-0.15, -0.1) is 0 Å². The maximum Gasteiger partial charge on any atom is 0.302 e. The fraction of sp³-hybridized carbons (Fsp3) is 0.304. The molecule has 1 aromatic heterocycles. The lowest BCUT2D eigenvalue weighted by Crippen LogP contribution is -2.39. The Morgan fingerprint density at radius 1 is 1.26 bits per heavy atom. The standard InChI is InChI=1S/C23H22ClNO6/c1-11(30-12(2)26)22-14(7-8-25-22)20-16(27)9-17(28)21-18(29)10-19(31-23(20)21)13-5-3-4-6-15(13)24/h3-6,9-11,14,22,25,27-28H,7-8H2,1-2H3. The molecule has 1 fully saturated rings. The molecular weight excluding hydrogens is 422 g/mol. The molecule has 3 N–H and O–H groups in total. The second kappa shape index (κ2) is 8.24. The molecular formula is C23H22ClNO6. The van der Waals surface area contributed by atoms with E-state index in [1.807, 2.05) is 0 Å². The summed E-state index contributed by atoms with van der Waals surface area (Å²) in [6.45, 7) is 3.72. The van der Waals surface area contributed by atoms with Gasteiger partial charge < -0.3 is 24.7 Å². The van der Waals surface area contributed by atoms with E-state index in [9.17, 15) is 19.8 Å². The fourth-order valence-electron chi connectivity index (χ4n) is 4.35. The summed E-state index contributed by atoms with van der Waals surface area (Å²) in [6.07, 6.45) is 0.135. The Bertz CT molecular complexity index is 1220. The van der Waals surface area contributed by atoms with Gasteiger partial charge in [-0.05, 0) is 32.0 Å². The Kier molecular flexibility index (Phi) is 5.64. The van der Waals surface area contributed by atoms with Gasteiger partial charge in [-0.25, -0.2) is 0 Å². The molecule has 1 aliphatic heterocycles. The number of ether oxygens (including phenoxy) is 1. The second-order valence-electron chi connectivity index (χ2n) is 7.68. The third-order valence-corrected chi connectivity index (χ3v) is 5.96. The first-order valence-electron chi connectivity index (χ1n) is 9.96. The molecule has 0 bridgehead atoms. The van der Waals surface area contributed by atoms with Crippen molar-refractivity contribution in [1.82, 2.24) is 5.32 Å². The number of phenolic OH excluding ortho intramolecular Hbond substituents is 2. The van der Waals surface area contributed by atoms with E-state index in [1.165, 1.54) is 13.0 Å². The highest BCUT2D eigenvalue weighted by Crippen LogP contribution is 2.43. The normalized spacial score (nSPS) is 19.5. The summed E-state index contributed by atoms with van der Waals surface area (Å²) in [6, 6.07) is 9.04. The first-order chi connectivity index (χ1) is 14.8. The van der Waals surface area contributed by atoms with Crippen LogP contribution in [-0.4, -0.2) is 34.9 Å². The number of rotatable bonds is 4. The van der Waals surface area contributed by atoms with E-state index in [2.05, 4.69) is 5.32 Å². The van der Waals surface area contributed by atoms with Crippen molar-refractivity contribution >= 4 is 28.5 Å². The molecule has 8 heteroatoms. The first-order valence-corrected chi connectivity index (χ1v) is 10.3. The molecule has 3 unspecified atom stereocenters.